The molecular weight excluding hydrogens is 500 g/mol. The van der Waals surface area contributed by atoms with E-state index >= 15 is 0 Å². The van der Waals surface area contributed by atoms with E-state index in [-0.39, 0.29) is 28.2 Å². The van der Waals surface area contributed by atoms with Crippen molar-refractivity contribution in [1.82, 2.24) is 14.5 Å². The minimum Gasteiger partial charge on any atom is -0.392 e. The second-order valence-corrected chi connectivity index (χ2v) is 9.51. The van der Waals surface area contributed by atoms with Crippen LogP contribution in [0, 0.1) is 5.82 Å². The zero-order chi connectivity index (χ0) is 24.0. The molecule has 5 nitrogen and oxygen atoms in total. The van der Waals surface area contributed by atoms with Gasteiger partial charge in [0.1, 0.15) is 11.6 Å². The molecule has 0 aliphatic carbocycles. The van der Waals surface area contributed by atoms with Gasteiger partial charge in [0.05, 0.1) is 32.7 Å². The van der Waals surface area contributed by atoms with E-state index < -0.39 is 5.82 Å². The fraction of sp³-hybridized carbons (Fsp3) is 0.200. The number of rotatable bonds is 4. The molecule has 0 radical (unpaired) electrons. The zero-order valence-electron chi connectivity index (χ0n) is 17.8. The molecule has 2 heterocycles. The minimum absolute atomic E-state index is 0.0493. The van der Waals surface area contributed by atoms with Crippen LogP contribution in [0.15, 0.2) is 59.4 Å². The van der Waals surface area contributed by atoms with Crippen molar-refractivity contribution in [2.75, 3.05) is 13.1 Å². The number of nitrogens with zero attached hydrogens (tertiary/aromatic N) is 3. The highest BCUT2D eigenvalue weighted by molar-refractivity contribution is 6.34. The van der Waals surface area contributed by atoms with E-state index in [1.54, 1.807) is 30.3 Å². The first kappa shape index (κ1) is 23.3. The molecule has 1 fully saturated rings. The van der Waals surface area contributed by atoms with E-state index in [1.807, 2.05) is 12.1 Å². The molecular formula is C25H19Cl3FN3O2. The lowest BCUT2D eigenvalue weighted by Gasteiger charge is -2.19. The molecule has 3 aromatic carbocycles. The topological polar surface area (TPSA) is 58.4 Å². The minimum atomic E-state index is -0.652. The molecule has 0 bridgehead atoms. The van der Waals surface area contributed by atoms with Gasteiger partial charge in [-0.2, -0.15) is 0 Å². The second-order valence-electron chi connectivity index (χ2n) is 8.29. The molecule has 0 unspecified atom stereocenters. The summed E-state index contributed by atoms with van der Waals surface area (Å²) in [5.41, 5.74) is 1.65. The van der Waals surface area contributed by atoms with Gasteiger partial charge < -0.3 is 5.11 Å². The van der Waals surface area contributed by atoms with Gasteiger partial charge in [0.15, 0.2) is 0 Å². The standard InChI is InChI=1S/C25H19Cl3FN3O2/c26-15-4-6-18-22(10-15)30-24(32(25(18)34)16-5-7-20(27)21(29)11-16)19-3-1-2-14(23(19)28)12-31-9-8-17(33)13-31/h1-7,10-11,17,33H,8-9,12-13H2/t17-/m1/s1. The highest BCUT2D eigenvalue weighted by Gasteiger charge is 2.23. The first-order valence-electron chi connectivity index (χ1n) is 10.7. The lowest BCUT2D eigenvalue weighted by atomic mass is 10.1. The van der Waals surface area contributed by atoms with Gasteiger partial charge in [-0.05, 0) is 54.4 Å². The monoisotopic (exact) mass is 517 g/mol. The summed E-state index contributed by atoms with van der Waals surface area (Å²) >= 11 is 18.9. The lowest BCUT2D eigenvalue weighted by molar-refractivity contribution is 0.175. The third-order valence-electron chi connectivity index (χ3n) is 5.95. The summed E-state index contributed by atoms with van der Waals surface area (Å²) in [5.74, 6) is -0.393. The highest BCUT2D eigenvalue weighted by Crippen LogP contribution is 2.33. The highest BCUT2D eigenvalue weighted by atomic mass is 35.5. The van der Waals surface area contributed by atoms with Crippen molar-refractivity contribution >= 4 is 45.7 Å². The van der Waals surface area contributed by atoms with Crippen LogP contribution in [0.3, 0.4) is 0 Å². The number of halogens is 4. The van der Waals surface area contributed by atoms with Gasteiger partial charge in [0.2, 0.25) is 0 Å². The first-order valence-corrected chi connectivity index (χ1v) is 11.8. The van der Waals surface area contributed by atoms with Crippen molar-refractivity contribution < 1.29 is 9.50 Å². The lowest BCUT2D eigenvalue weighted by Crippen LogP contribution is -2.23. The molecule has 9 heteroatoms. The van der Waals surface area contributed by atoms with E-state index in [0.717, 1.165) is 12.1 Å². The second kappa shape index (κ2) is 9.29. The van der Waals surface area contributed by atoms with E-state index in [9.17, 15) is 14.3 Å². The smallest absolute Gasteiger partial charge is 0.266 e. The Bertz CT molecular complexity index is 1470. The molecule has 1 saturated heterocycles. The number of benzene rings is 3. The Morgan fingerprint density at radius 2 is 1.91 bits per heavy atom. The van der Waals surface area contributed by atoms with Gasteiger partial charge in [0.25, 0.3) is 5.56 Å². The number of hydrogen-bond donors (Lipinski definition) is 1. The predicted molar refractivity (Wildman–Crippen MR) is 134 cm³/mol. The van der Waals surface area contributed by atoms with Crippen LogP contribution in [-0.4, -0.2) is 38.8 Å². The predicted octanol–water partition coefficient (Wildman–Crippen LogP) is 5.72. The Hall–Kier alpha value is -2.48. The normalized spacial score (nSPS) is 16.4. The Morgan fingerprint density at radius 3 is 2.65 bits per heavy atom. The fourth-order valence-corrected chi connectivity index (χ4v) is 4.83. The first-order chi connectivity index (χ1) is 16.3. The molecule has 174 valence electrons. The van der Waals surface area contributed by atoms with Crippen LogP contribution in [0.25, 0.3) is 28.0 Å². The summed E-state index contributed by atoms with van der Waals surface area (Å²) in [7, 11) is 0. The largest absolute Gasteiger partial charge is 0.392 e. The van der Waals surface area contributed by atoms with Crippen molar-refractivity contribution in [2.24, 2.45) is 0 Å². The van der Waals surface area contributed by atoms with Crippen molar-refractivity contribution in [2.45, 2.75) is 19.1 Å². The summed E-state index contributed by atoms with van der Waals surface area (Å²) in [5, 5.41) is 11.0. The Balaban J connectivity index is 1.73. The Kier molecular flexibility index (Phi) is 6.35. The molecule has 1 aromatic heterocycles. The van der Waals surface area contributed by atoms with Crippen LogP contribution in [-0.2, 0) is 6.54 Å². The van der Waals surface area contributed by atoms with Crippen LogP contribution in [0.5, 0.6) is 0 Å². The third-order valence-corrected chi connectivity index (χ3v) is 6.94. The van der Waals surface area contributed by atoms with E-state index in [2.05, 4.69) is 4.90 Å². The maximum Gasteiger partial charge on any atom is 0.266 e. The summed E-state index contributed by atoms with van der Waals surface area (Å²) in [6, 6.07) is 14.5. The molecule has 4 aromatic rings. The van der Waals surface area contributed by atoms with Crippen molar-refractivity contribution in [1.29, 1.82) is 0 Å². The molecule has 1 aliphatic heterocycles. The van der Waals surface area contributed by atoms with Gasteiger partial charge >= 0.3 is 0 Å². The average Bonchev–Trinajstić information content (AvgIpc) is 3.21. The fourth-order valence-electron chi connectivity index (χ4n) is 4.27. The number of likely N-dealkylation sites (tertiary alicyclic amines) is 1. The van der Waals surface area contributed by atoms with E-state index in [1.165, 1.54) is 16.7 Å². The summed E-state index contributed by atoms with van der Waals surface area (Å²) < 4.78 is 15.7. The SMILES string of the molecule is O=c1c2ccc(Cl)cc2nc(-c2cccc(CN3CC[C@@H](O)C3)c2Cl)n1-c1ccc(Cl)c(F)c1. The van der Waals surface area contributed by atoms with Crippen LogP contribution in [0.1, 0.15) is 12.0 Å². The number of aliphatic hydroxyl groups excluding tert-OH is 1. The van der Waals surface area contributed by atoms with Gasteiger partial charge in [-0.3, -0.25) is 14.3 Å². The Morgan fingerprint density at radius 1 is 1.09 bits per heavy atom. The molecule has 34 heavy (non-hydrogen) atoms. The number of fused-ring (bicyclic) bond motifs is 1. The Labute approximate surface area is 209 Å². The molecule has 1 aliphatic rings. The van der Waals surface area contributed by atoms with Crippen LogP contribution in [0.4, 0.5) is 4.39 Å². The quantitative estimate of drug-likeness (QED) is 0.375. The maximum atomic E-state index is 14.4. The molecule has 0 saturated carbocycles. The van der Waals surface area contributed by atoms with E-state index in [0.29, 0.717) is 46.0 Å². The van der Waals surface area contributed by atoms with Crippen LogP contribution in [0.2, 0.25) is 15.1 Å². The number of aromatic nitrogens is 2. The van der Waals surface area contributed by atoms with Crippen molar-refractivity contribution in [3.63, 3.8) is 0 Å². The molecule has 1 atom stereocenters. The molecule has 5 rings (SSSR count). The van der Waals surface area contributed by atoms with Gasteiger partial charge in [-0.1, -0.05) is 46.9 Å². The number of aliphatic hydroxyl groups is 1. The van der Waals surface area contributed by atoms with Gasteiger partial charge in [-0.25, -0.2) is 9.37 Å². The summed E-state index contributed by atoms with van der Waals surface area (Å²) in [6.45, 7) is 1.88. The number of β-amino-alcohol motifs (C(OH)–C–C–N with tert-alkyl or cyclic N) is 1. The van der Waals surface area contributed by atoms with Crippen molar-refractivity contribution in [3.8, 4) is 17.1 Å². The zero-order valence-corrected chi connectivity index (χ0v) is 20.1. The average molecular weight is 519 g/mol. The summed E-state index contributed by atoms with van der Waals surface area (Å²) in [4.78, 5) is 20.4. The summed E-state index contributed by atoms with van der Waals surface area (Å²) in [6.07, 6.45) is 0.366. The molecule has 1 N–H and O–H groups in total. The third kappa shape index (κ3) is 4.32. The molecule has 0 spiro atoms. The maximum absolute atomic E-state index is 14.4. The van der Waals surface area contributed by atoms with Gasteiger partial charge in [-0.15, -0.1) is 0 Å². The number of hydrogen-bond acceptors (Lipinski definition) is 4. The van der Waals surface area contributed by atoms with E-state index in [4.69, 9.17) is 39.8 Å². The van der Waals surface area contributed by atoms with Gasteiger partial charge in [0, 0.05) is 30.2 Å². The molecule has 0 amide bonds. The van der Waals surface area contributed by atoms with Crippen LogP contribution >= 0.6 is 34.8 Å². The van der Waals surface area contributed by atoms with Crippen molar-refractivity contribution in [3.05, 3.63) is 91.4 Å². The van der Waals surface area contributed by atoms with Crippen LogP contribution < -0.4 is 5.56 Å².